The zero-order chi connectivity index (χ0) is 26.1. The summed E-state index contributed by atoms with van der Waals surface area (Å²) in [6.07, 6.45) is 19.2. The van der Waals surface area contributed by atoms with Crippen LogP contribution in [0, 0.1) is 9.74 Å². The first-order chi connectivity index (χ1) is 18.1. The number of rotatable bonds is 12. The van der Waals surface area contributed by atoms with E-state index in [0.29, 0.717) is 12.2 Å². The number of carbonyl (C=O) groups excluding carboxylic acids is 1. The summed E-state index contributed by atoms with van der Waals surface area (Å²) in [4.78, 5) is 12.8. The summed E-state index contributed by atoms with van der Waals surface area (Å²) in [6, 6.07) is 20.4. The Morgan fingerprint density at radius 1 is 0.973 bits per heavy atom. The van der Waals surface area contributed by atoms with E-state index in [1.807, 2.05) is 43.3 Å². The lowest BCUT2D eigenvalue weighted by atomic mass is 9.98. The molecule has 0 aliphatic heterocycles. The Hall–Kier alpha value is -2.08. The minimum Gasteiger partial charge on any atom is -0.427 e. The molecule has 1 saturated carbocycles. The molecule has 1 heterocycles. The first kappa shape index (κ1) is 29.5. The van der Waals surface area contributed by atoms with Crippen LogP contribution in [0.4, 0.5) is 0 Å². The van der Waals surface area contributed by atoms with Crippen molar-refractivity contribution in [3.05, 3.63) is 82.2 Å². The van der Waals surface area contributed by atoms with Crippen LogP contribution in [-0.2, 0) is 11.2 Å². The van der Waals surface area contributed by atoms with E-state index in [0.717, 1.165) is 33.0 Å². The van der Waals surface area contributed by atoms with Gasteiger partial charge in [0.15, 0.2) is 0 Å². The van der Waals surface area contributed by atoms with Gasteiger partial charge in [0.1, 0.15) is 9.57 Å². The van der Waals surface area contributed by atoms with Gasteiger partial charge >= 0.3 is 5.97 Å². The van der Waals surface area contributed by atoms with E-state index < -0.39 is 0 Å². The molecule has 4 rings (SSSR count). The van der Waals surface area contributed by atoms with E-state index in [1.54, 1.807) is 20.7 Å². The Morgan fingerprint density at radius 2 is 1.73 bits per heavy atom. The molecule has 37 heavy (non-hydrogen) atoms. The highest BCUT2D eigenvalue weighted by Crippen LogP contribution is 2.31. The zero-order valence-electron chi connectivity index (χ0n) is 22.0. The molecule has 0 bridgehead atoms. The van der Waals surface area contributed by atoms with Crippen molar-refractivity contribution in [1.82, 2.24) is 0 Å². The maximum Gasteiger partial charge on any atom is 0.311 e. The van der Waals surface area contributed by atoms with Gasteiger partial charge < -0.3 is 4.74 Å². The van der Waals surface area contributed by atoms with Gasteiger partial charge in [0.25, 0.3) is 0 Å². The lowest BCUT2D eigenvalue weighted by Gasteiger charge is -2.07. The fraction of sp³-hybridized carbons (Fsp3) is 0.438. The predicted molar refractivity (Wildman–Crippen MR) is 163 cm³/mol. The fourth-order valence-corrected chi connectivity index (χ4v) is 7.06. The Bertz CT molecular complexity index is 1110. The van der Waals surface area contributed by atoms with Gasteiger partial charge in [-0.3, -0.25) is 4.79 Å². The molecule has 0 amide bonds. The lowest BCUT2D eigenvalue weighted by molar-refractivity contribution is -0.134. The number of hydrogen-bond donors (Lipinski definition) is 0. The number of aryl methyl sites for hydroxylation is 1. The normalized spacial score (nSPS) is 13.4. The molecule has 5 heteroatoms. The number of esters is 1. The number of allylic oxidation sites excluding steroid dienone is 2. The highest BCUT2D eigenvalue weighted by atomic mass is 32.9. The Balaban J connectivity index is 0.000000213. The Kier molecular flexibility index (Phi) is 13.9. The average molecular weight is 553 g/mol. The second-order valence-electron chi connectivity index (χ2n) is 9.69. The molecule has 3 aromatic rings. The van der Waals surface area contributed by atoms with Crippen molar-refractivity contribution in [3.63, 3.8) is 0 Å². The molecule has 0 N–H and O–H groups in total. The largest absolute Gasteiger partial charge is 0.427 e. The number of unbranched alkanes of at least 4 members (excludes halogenated alkanes) is 3. The molecular weight excluding hydrogens is 513 g/mol. The second-order valence-corrected chi connectivity index (χ2v) is 12.6. The molecule has 0 spiro atoms. The van der Waals surface area contributed by atoms with Crippen LogP contribution in [0.25, 0.3) is 10.4 Å². The van der Waals surface area contributed by atoms with Gasteiger partial charge in [-0.15, -0.1) is 0 Å². The van der Waals surface area contributed by atoms with Gasteiger partial charge in [-0.05, 0) is 80.0 Å². The molecular formula is C32H40O2S3. The van der Waals surface area contributed by atoms with Crippen LogP contribution in [0.1, 0.15) is 83.1 Å². The predicted octanol–water partition coefficient (Wildman–Crippen LogP) is 10.8. The third-order valence-corrected chi connectivity index (χ3v) is 9.63. The average Bonchev–Trinajstić information content (AvgIpc) is 3.60. The van der Waals surface area contributed by atoms with Crippen LogP contribution in [-0.4, -0.2) is 5.97 Å². The van der Waals surface area contributed by atoms with Gasteiger partial charge in [0, 0.05) is 11.3 Å². The summed E-state index contributed by atoms with van der Waals surface area (Å²) in [5, 5.41) is 0. The van der Waals surface area contributed by atoms with E-state index in [2.05, 4.69) is 36.4 Å². The number of carbonyl (C=O) groups is 1. The zero-order valence-corrected chi connectivity index (χ0v) is 24.5. The summed E-state index contributed by atoms with van der Waals surface area (Å²) in [7, 11) is 3.25. The molecule has 0 atom stereocenters. The van der Waals surface area contributed by atoms with Crippen molar-refractivity contribution in [1.29, 1.82) is 0 Å². The summed E-state index contributed by atoms with van der Waals surface area (Å²) in [5.74, 6) is 1.49. The van der Waals surface area contributed by atoms with Crippen LogP contribution >= 0.6 is 32.9 Å². The van der Waals surface area contributed by atoms with Crippen molar-refractivity contribution >= 4 is 38.9 Å². The first-order valence-electron chi connectivity index (χ1n) is 13.7. The minimum atomic E-state index is -0.182. The van der Waals surface area contributed by atoms with Crippen LogP contribution < -0.4 is 4.74 Å². The number of benzene rings is 2. The number of hydrogen-bond acceptors (Lipinski definition) is 5. The van der Waals surface area contributed by atoms with Crippen LogP contribution in [0.5, 0.6) is 5.75 Å². The van der Waals surface area contributed by atoms with Gasteiger partial charge in [0.2, 0.25) is 0 Å². The standard InChI is InChI=1S/C16H16O2S3.C16H24/c1-2-3-4-5-6-15(17)18-13-9-7-12(8-10-13)14-11-16(19)21-20-14;1-3-9-15(10-4-1)11-5-2-6-12-16-13-7-8-14-16/h2-3,7-11H,4-6H2,1H3;1,3-4,9-10,16H,2,5-8,11-14H2/b3-2-;. The summed E-state index contributed by atoms with van der Waals surface area (Å²) in [6.45, 7) is 1.98. The van der Waals surface area contributed by atoms with E-state index in [1.165, 1.54) is 63.4 Å². The van der Waals surface area contributed by atoms with Crippen molar-refractivity contribution in [2.45, 2.75) is 84.0 Å². The smallest absolute Gasteiger partial charge is 0.311 e. The Morgan fingerprint density at radius 3 is 2.41 bits per heavy atom. The molecule has 0 radical (unpaired) electrons. The number of ether oxygens (including phenoxy) is 1. The molecule has 2 nitrogen and oxygen atoms in total. The van der Waals surface area contributed by atoms with E-state index in [-0.39, 0.29) is 5.97 Å². The molecule has 2 aromatic carbocycles. The van der Waals surface area contributed by atoms with Crippen molar-refractivity contribution in [2.24, 2.45) is 5.92 Å². The molecule has 0 unspecified atom stereocenters. The quantitative estimate of drug-likeness (QED) is 0.0558. The van der Waals surface area contributed by atoms with Gasteiger partial charge in [-0.2, -0.15) is 0 Å². The van der Waals surface area contributed by atoms with Crippen molar-refractivity contribution < 1.29 is 9.53 Å². The van der Waals surface area contributed by atoms with Crippen LogP contribution in [0.2, 0.25) is 0 Å². The van der Waals surface area contributed by atoms with Gasteiger partial charge in [0.05, 0.1) is 0 Å². The molecule has 1 fully saturated rings. The summed E-state index contributed by atoms with van der Waals surface area (Å²) in [5.41, 5.74) is 2.60. The summed E-state index contributed by atoms with van der Waals surface area (Å²) >= 11 is 5.13. The van der Waals surface area contributed by atoms with Gasteiger partial charge in [-0.1, -0.05) is 120 Å². The molecule has 198 valence electrons. The first-order valence-corrected chi connectivity index (χ1v) is 16.3. The molecule has 1 aliphatic carbocycles. The highest BCUT2D eigenvalue weighted by molar-refractivity contribution is 7.80. The lowest BCUT2D eigenvalue weighted by Crippen LogP contribution is -2.07. The molecule has 1 aliphatic rings. The topological polar surface area (TPSA) is 26.3 Å². The SMILES string of the molecule is C/C=C\CCCC(=O)Oc1ccc(-c2cc(=S)ss2)cc1.c1ccc(CCCCCC2CCCC2)cc1. The maximum atomic E-state index is 11.7. The van der Waals surface area contributed by atoms with Crippen molar-refractivity contribution in [2.75, 3.05) is 0 Å². The summed E-state index contributed by atoms with van der Waals surface area (Å²) < 4.78 is 6.21. The van der Waals surface area contributed by atoms with Crippen LogP contribution in [0.3, 0.4) is 0 Å². The fourth-order valence-electron chi connectivity index (χ4n) is 4.66. The van der Waals surface area contributed by atoms with E-state index >= 15 is 0 Å². The monoisotopic (exact) mass is 552 g/mol. The van der Waals surface area contributed by atoms with Gasteiger partial charge in [-0.25, -0.2) is 0 Å². The highest BCUT2D eigenvalue weighted by Gasteiger charge is 2.13. The maximum absolute atomic E-state index is 11.7. The minimum absolute atomic E-state index is 0.182. The van der Waals surface area contributed by atoms with Crippen LogP contribution in [0.15, 0.2) is 72.8 Å². The third kappa shape index (κ3) is 11.9. The second kappa shape index (κ2) is 17.4. The van der Waals surface area contributed by atoms with E-state index in [4.69, 9.17) is 17.0 Å². The molecule has 1 aromatic heterocycles. The van der Waals surface area contributed by atoms with E-state index in [9.17, 15) is 4.79 Å². The third-order valence-electron chi connectivity index (χ3n) is 6.72. The van der Waals surface area contributed by atoms with Crippen molar-refractivity contribution in [3.8, 4) is 16.2 Å². The molecule has 0 saturated heterocycles. The Labute approximate surface area is 235 Å².